The molecule has 3 heterocycles. The van der Waals surface area contributed by atoms with Crippen molar-refractivity contribution >= 4 is 27.3 Å². The molecular weight excluding hydrogens is 424 g/mol. The molecule has 162 valence electrons. The first-order valence-corrected chi connectivity index (χ1v) is 11.9. The number of anilines is 1. The zero-order valence-electron chi connectivity index (χ0n) is 17.3. The van der Waals surface area contributed by atoms with Crippen LogP contribution in [0.4, 0.5) is 5.69 Å². The number of benzene rings is 2. The summed E-state index contributed by atoms with van der Waals surface area (Å²) in [6.07, 6.45) is 5.60. The summed E-state index contributed by atoms with van der Waals surface area (Å²) in [5.74, 6) is -0.314. The standard InChI is InChI=1S/C24H22N4O3S/c29-24(18-10-12-19(13-11-18)32(30,31)28-15-5-6-16-28)26-21-8-2-1-7-20(21)22-17-27-14-4-3-9-23(27)25-22/h1-4,7-14,17H,5-6,15-16H2,(H,26,29). The van der Waals surface area contributed by atoms with Crippen molar-refractivity contribution in [2.45, 2.75) is 17.7 Å². The van der Waals surface area contributed by atoms with Gasteiger partial charge in [-0.05, 0) is 55.3 Å². The zero-order valence-corrected chi connectivity index (χ0v) is 18.1. The van der Waals surface area contributed by atoms with Crippen molar-refractivity contribution < 1.29 is 13.2 Å². The number of hydrogen-bond acceptors (Lipinski definition) is 4. The number of nitrogens with zero attached hydrogens (tertiary/aromatic N) is 3. The van der Waals surface area contributed by atoms with Crippen molar-refractivity contribution in [1.82, 2.24) is 13.7 Å². The molecule has 4 aromatic rings. The molecule has 0 atom stereocenters. The fraction of sp³-hybridized carbons (Fsp3) is 0.167. The first-order chi connectivity index (χ1) is 15.5. The normalized spacial score (nSPS) is 14.6. The van der Waals surface area contributed by atoms with E-state index in [1.54, 1.807) is 12.1 Å². The number of rotatable bonds is 5. The van der Waals surface area contributed by atoms with Crippen LogP contribution in [0.25, 0.3) is 16.9 Å². The third kappa shape index (κ3) is 3.79. The molecule has 0 radical (unpaired) electrons. The number of imidazole rings is 1. The Morgan fingerprint density at radius 3 is 2.38 bits per heavy atom. The van der Waals surface area contributed by atoms with E-state index >= 15 is 0 Å². The molecule has 0 saturated carbocycles. The average molecular weight is 447 g/mol. The van der Waals surface area contributed by atoms with E-state index < -0.39 is 10.0 Å². The minimum Gasteiger partial charge on any atom is -0.321 e. The van der Waals surface area contributed by atoms with E-state index in [4.69, 9.17) is 0 Å². The monoisotopic (exact) mass is 446 g/mol. The van der Waals surface area contributed by atoms with Crippen molar-refractivity contribution in [3.05, 3.63) is 84.7 Å². The summed E-state index contributed by atoms with van der Waals surface area (Å²) in [6.45, 7) is 1.09. The Bertz CT molecular complexity index is 1360. The van der Waals surface area contributed by atoms with Gasteiger partial charge in [0.1, 0.15) is 5.65 Å². The fourth-order valence-electron chi connectivity index (χ4n) is 3.93. The number of hydrogen-bond donors (Lipinski definition) is 1. The third-order valence-electron chi connectivity index (χ3n) is 5.63. The SMILES string of the molecule is O=C(Nc1ccccc1-c1cn2ccccc2n1)c1ccc(S(=O)(=O)N2CCCC2)cc1. The van der Waals surface area contributed by atoms with Crippen LogP contribution in [-0.4, -0.2) is 41.1 Å². The van der Waals surface area contributed by atoms with Gasteiger partial charge in [-0.2, -0.15) is 4.31 Å². The average Bonchev–Trinajstić information content (AvgIpc) is 3.50. The highest BCUT2D eigenvalue weighted by Crippen LogP contribution is 2.28. The lowest BCUT2D eigenvalue weighted by Gasteiger charge is -2.15. The number of aromatic nitrogens is 2. The van der Waals surface area contributed by atoms with Gasteiger partial charge >= 0.3 is 0 Å². The Morgan fingerprint density at radius 2 is 1.62 bits per heavy atom. The second-order valence-electron chi connectivity index (χ2n) is 7.73. The van der Waals surface area contributed by atoms with Crippen LogP contribution < -0.4 is 5.32 Å². The van der Waals surface area contributed by atoms with Crippen LogP contribution in [0.1, 0.15) is 23.2 Å². The summed E-state index contributed by atoms with van der Waals surface area (Å²) in [4.78, 5) is 17.7. The lowest BCUT2D eigenvalue weighted by atomic mass is 10.1. The van der Waals surface area contributed by atoms with Gasteiger partial charge < -0.3 is 9.72 Å². The van der Waals surface area contributed by atoms with Gasteiger partial charge in [-0.15, -0.1) is 0 Å². The maximum atomic E-state index is 12.9. The fourth-order valence-corrected chi connectivity index (χ4v) is 5.45. The number of amides is 1. The summed E-state index contributed by atoms with van der Waals surface area (Å²) in [5, 5.41) is 2.93. The third-order valence-corrected chi connectivity index (χ3v) is 7.55. The summed E-state index contributed by atoms with van der Waals surface area (Å²) >= 11 is 0. The molecule has 1 N–H and O–H groups in total. The minimum absolute atomic E-state index is 0.209. The summed E-state index contributed by atoms with van der Waals surface area (Å²) in [5.41, 5.74) is 3.39. The Morgan fingerprint density at radius 1 is 0.906 bits per heavy atom. The molecular formula is C24H22N4O3S. The van der Waals surface area contributed by atoms with Crippen LogP contribution in [-0.2, 0) is 10.0 Å². The van der Waals surface area contributed by atoms with Gasteiger partial charge in [0, 0.05) is 36.6 Å². The van der Waals surface area contributed by atoms with Gasteiger partial charge in [-0.1, -0.05) is 24.3 Å². The number of fused-ring (bicyclic) bond motifs is 1. The van der Waals surface area contributed by atoms with E-state index in [-0.39, 0.29) is 10.8 Å². The van der Waals surface area contributed by atoms with Crippen LogP contribution in [0.15, 0.2) is 84.0 Å². The van der Waals surface area contributed by atoms with Crippen molar-refractivity contribution in [2.75, 3.05) is 18.4 Å². The molecule has 1 amide bonds. The lowest BCUT2D eigenvalue weighted by molar-refractivity contribution is 0.102. The van der Waals surface area contributed by atoms with Crippen molar-refractivity contribution in [3.63, 3.8) is 0 Å². The molecule has 2 aromatic carbocycles. The predicted molar refractivity (Wildman–Crippen MR) is 123 cm³/mol. The lowest BCUT2D eigenvalue weighted by Crippen LogP contribution is -2.27. The highest BCUT2D eigenvalue weighted by molar-refractivity contribution is 7.89. The highest BCUT2D eigenvalue weighted by atomic mass is 32.2. The second kappa shape index (κ2) is 8.22. The van der Waals surface area contributed by atoms with Crippen LogP contribution in [0.5, 0.6) is 0 Å². The van der Waals surface area contributed by atoms with Crippen LogP contribution in [0.3, 0.4) is 0 Å². The molecule has 1 aliphatic heterocycles. The van der Waals surface area contributed by atoms with Crippen LogP contribution in [0, 0.1) is 0 Å². The molecule has 1 aliphatic rings. The van der Waals surface area contributed by atoms with Gasteiger partial charge in [0.05, 0.1) is 16.3 Å². The van der Waals surface area contributed by atoms with Gasteiger partial charge in [0.15, 0.2) is 0 Å². The largest absolute Gasteiger partial charge is 0.321 e. The first-order valence-electron chi connectivity index (χ1n) is 10.5. The minimum atomic E-state index is -3.50. The molecule has 7 nitrogen and oxygen atoms in total. The quantitative estimate of drug-likeness (QED) is 0.502. The molecule has 1 saturated heterocycles. The van der Waals surface area contributed by atoms with E-state index in [1.165, 1.54) is 16.4 Å². The molecule has 8 heteroatoms. The van der Waals surface area contributed by atoms with Crippen LogP contribution in [0.2, 0.25) is 0 Å². The van der Waals surface area contributed by atoms with Crippen molar-refractivity contribution in [3.8, 4) is 11.3 Å². The smallest absolute Gasteiger partial charge is 0.255 e. The number of pyridine rings is 1. The molecule has 0 spiro atoms. The Balaban J connectivity index is 1.39. The van der Waals surface area contributed by atoms with Gasteiger partial charge in [-0.3, -0.25) is 4.79 Å². The predicted octanol–water partition coefficient (Wildman–Crippen LogP) is 4.04. The number of sulfonamides is 1. The molecule has 32 heavy (non-hydrogen) atoms. The Kier molecular flexibility index (Phi) is 5.24. The van der Waals surface area contributed by atoms with Crippen molar-refractivity contribution in [1.29, 1.82) is 0 Å². The molecule has 0 bridgehead atoms. The number of carbonyl (C=O) groups is 1. The number of para-hydroxylation sites is 1. The van der Waals surface area contributed by atoms with Gasteiger partial charge in [0.2, 0.25) is 10.0 Å². The van der Waals surface area contributed by atoms with Crippen LogP contribution >= 0.6 is 0 Å². The maximum absolute atomic E-state index is 12.9. The van der Waals surface area contributed by atoms with Gasteiger partial charge in [-0.25, -0.2) is 13.4 Å². The van der Waals surface area contributed by atoms with Crippen molar-refractivity contribution in [2.24, 2.45) is 0 Å². The van der Waals surface area contributed by atoms with E-state index in [9.17, 15) is 13.2 Å². The maximum Gasteiger partial charge on any atom is 0.255 e. The highest BCUT2D eigenvalue weighted by Gasteiger charge is 2.27. The topological polar surface area (TPSA) is 83.8 Å². The molecule has 1 fully saturated rings. The second-order valence-corrected chi connectivity index (χ2v) is 9.67. The molecule has 2 aromatic heterocycles. The summed E-state index contributed by atoms with van der Waals surface area (Å²) < 4.78 is 28.8. The molecule has 0 aliphatic carbocycles. The first kappa shape index (κ1) is 20.4. The summed E-state index contributed by atoms with van der Waals surface area (Å²) in [7, 11) is -3.50. The number of carbonyl (C=O) groups excluding carboxylic acids is 1. The van der Waals surface area contributed by atoms with E-state index in [2.05, 4.69) is 10.3 Å². The Labute approximate surface area is 186 Å². The van der Waals surface area contributed by atoms with E-state index in [0.29, 0.717) is 24.3 Å². The zero-order chi connectivity index (χ0) is 22.1. The van der Waals surface area contributed by atoms with E-state index in [0.717, 1.165) is 29.7 Å². The van der Waals surface area contributed by atoms with Gasteiger partial charge in [0.25, 0.3) is 5.91 Å². The molecule has 0 unspecified atom stereocenters. The number of nitrogens with one attached hydrogen (secondary N) is 1. The van der Waals surface area contributed by atoms with E-state index in [1.807, 2.05) is 59.3 Å². The summed E-state index contributed by atoms with van der Waals surface area (Å²) in [6, 6.07) is 19.3. The Hall–Kier alpha value is -3.49. The molecule has 5 rings (SSSR count).